The van der Waals surface area contributed by atoms with Crippen molar-refractivity contribution < 1.29 is 13.2 Å². The van der Waals surface area contributed by atoms with Gasteiger partial charge in [0.1, 0.15) is 0 Å². The van der Waals surface area contributed by atoms with Gasteiger partial charge in [0.25, 0.3) is 5.91 Å². The average molecular weight is 365 g/mol. The maximum atomic E-state index is 13.2. The highest BCUT2D eigenvalue weighted by Gasteiger charge is 2.42. The second-order valence-corrected chi connectivity index (χ2v) is 9.85. The molecular weight excluding hydrogens is 336 g/mol. The molecule has 0 saturated heterocycles. The van der Waals surface area contributed by atoms with Crippen LogP contribution < -0.4 is 0 Å². The van der Waals surface area contributed by atoms with Gasteiger partial charge >= 0.3 is 0 Å². The molecule has 2 fully saturated rings. The summed E-state index contributed by atoms with van der Waals surface area (Å²) in [6, 6.07) is 3.95. The molecule has 3 rings (SSSR count). The van der Waals surface area contributed by atoms with E-state index in [-0.39, 0.29) is 16.8 Å². The molecule has 0 bridgehead atoms. The van der Waals surface area contributed by atoms with Crippen LogP contribution in [0.4, 0.5) is 0 Å². The lowest BCUT2D eigenvalue weighted by Crippen LogP contribution is -2.41. The van der Waals surface area contributed by atoms with Crippen molar-refractivity contribution in [1.82, 2.24) is 9.21 Å². The number of hydrogen-bond donors (Lipinski definition) is 0. The summed E-state index contributed by atoms with van der Waals surface area (Å²) in [6.45, 7) is 5.80. The summed E-state index contributed by atoms with van der Waals surface area (Å²) in [4.78, 5) is 15.5. The predicted octanol–water partition coefficient (Wildman–Crippen LogP) is 2.96. The highest BCUT2D eigenvalue weighted by Crippen LogP contribution is 2.40. The van der Waals surface area contributed by atoms with E-state index in [0.717, 1.165) is 18.4 Å². The Hall–Kier alpha value is -1.40. The molecule has 1 aromatic rings. The fourth-order valence-electron chi connectivity index (χ4n) is 3.41. The van der Waals surface area contributed by atoms with Crippen LogP contribution in [0.25, 0.3) is 0 Å². The van der Waals surface area contributed by atoms with Crippen molar-refractivity contribution in [1.29, 1.82) is 0 Å². The standard InChI is InChI=1S/C19H28N2O3S/c1-12-10-16(11-18(13(12)2)25(23,24)20(4)5)19(22)21(17-8-9-17)14(3)15-6-7-15/h10-11,14-15,17H,6-9H2,1-5H3. The Kier molecular flexibility index (Phi) is 4.71. The van der Waals surface area contributed by atoms with Gasteiger partial charge in [-0.15, -0.1) is 0 Å². The SMILES string of the molecule is Cc1cc(C(=O)N(C2CC2)C(C)C2CC2)cc(S(=O)(=O)N(C)C)c1C. The Morgan fingerprint density at radius 3 is 2.20 bits per heavy atom. The fourth-order valence-corrected chi connectivity index (χ4v) is 4.62. The first kappa shape index (κ1) is 18.4. The van der Waals surface area contributed by atoms with Gasteiger partial charge in [0.15, 0.2) is 0 Å². The molecule has 1 atom stereocenters. The van der Waals surface area contributed by atoms with E-state index >= 15 is 0 Å². The summed E-state index contributed by atoms with van der Waals surface area (Å²) in [5, 5.41) is 0. The minimum absolute atomic E-state index is 0.0276. The molecule has 5 nitrogen and oxygen atoms in total. The highest BCUT2D eigenvalue weighted by molar-refractivity contribution is 7.89. The van der Waals surface area contributed by atoms with E-state index in [4.69, 9.17) is 0 Å². The topological polar surface area (TPSA) is 57.7 Å². The third kappa shape index (κ3) is 3.47. The Morgan fingerprint density at radius 2 is 1.72 bits per heavy atom. The summed E-state index contributed by atoms with van der Waals surface area (Å²) in [5.74, 6) is 0.571. The maximum absolute atomic E-state index is 13.2. The van der Waals surface area contributed by atoms with Crippen molar-refractivity contribution in [3.05, 3.63) is 28.8 Å². The van der Waals surface area contributed by atoms with Crippen LogP contribution >= 0.6 is 0 Å². The summed E-state index contributed by atoms with van der Waals surface area (Å²) in [6.07, 6.45) is 4.47. The monoisotopic (exact) mass is 364 g/mol. The van der Waals surface area contributed by atoms with Gasteiger partial charge < -0.3 is 4.90 Å². The summed E-state index contributed by atoms with van der Waals surface area (Å²) >= 11 is 0. The maximum Gasteiger partial charge on any atom is 0.254 e. The molecule has 138 valence electrons. The van der Waals surface area contributed by atoms with Gasteiger partial charge in [-0.3, -0.25) is 4.79 Å². The Labute approximate surface area is 151 Å². The zero-order valence-corrected chi connectivity index (χ0v) is 16.6. The van der Waals surface area contributed by atoms with Crippen molar-refractivity contribution >= 4 is 15.9 Å². The molecule has 25 heavy (non-hydrogen) atoms. The molecular formula is C19H28N2O3S. The van der Waals surface area contributed by atoms with Crippen LogP contribution in [0.5, 0.6) is 0 Å². The molecule has 0 radical (unpaired) electrons. The van der Waals surface area contributed by atoms with Crippen LogP contribution in [0.15, 0.2) is 17.0 Å². The Morgan fingerprint density at radius 1 is 1.12 bits per heavy atom. The summed E-state index contributed by atoms with van der Waals surface area (Å²) in [5.41, 5.74) is 2.03. The van der Waals surface area contributed by atoms with Gasteiger partial charge in [-0.1, -0.05) is 0 Å². The van der Waals surface area contributed by atoms with Gasteiger partial charge in [0.05, 0.1) is 4.90 Å². The first-order chi connectivity index (χ1) is 11.6. The van der Waals surface area contributed by atoms with Gasteiger partial charge in [0.2, 0.25) is 10.0 Å². The Balaban J connectivity index is 2.01. The number of carbonyl (C=O) groups excluding carboxylic acids is 1. The van der Waals surface area contributed by atoms with E-state index in [0.29, 0.717) is 23.1 Å². The summed E-state index contributed by atoms with van der Waals surface area (Å²) < 4.78 is 26.5. The normalized spacial score (nSPS) is 19.1. The molecule has 1 unspecified atom stereocenters. The Bertz CT molecular complexity index is 793. The van der Waals surface area contributed by atoms with Crippen LogP contribution in [-0.2, 0) is 10.0 Å². The average Bonchev–Trinajstić information content (AvgIpc) is 3.41. The van der Waals surface area contributed by atoms with E-state index in [2.05, 4.69) is 6.92 Å². The van der Waals surface area contributed by atoms with E-state index in [9.17, 15) is 13.2 Å². The van der Waals surface area contributed by atoms with Crippen molar-refractivity contribution in [3.63, 3.8) is 0 Å². The molecule has 1 aromatic carbocycles. The van der Waals surface area contributed by atoms with Crippen LogP contribution in [0, 0.1) is 19.8 Å². The quantitative estimate of drug-likeness (QED) is 0.780. The molecule has 0 N–H and O–H groups in total. The molecule has 0 aromatic heterocycles. The van der Waals surface area contributed by atoms with Gasteiger partial charge in [0, 0.05) is 31.7 Å². The predicted molar refractivity (Wildman–Crippen MR) is 98.2 cm³/mol. The van der Waals surface area contributed by atoms with Crippen LogP contribution in [0.1, 0.15) is 54.1 Å². The lowest BCUT2D eigenvalue weighted by Gasteiger charge is -2.30. The molecule has 2 saturated carbocycles. The van der Waals surface area contributed by atoms with Gasteiger partial charge in [-0.2, -0.15) is 0 Å². The van der Waals surface area contributed by atoms with E-state index < -0.39 is 10.0 Å². The van der Waals surface area contributed by atoms with Gasteiger partial charge in [-0.25, -0.2) is 12.7 Å². The lowest BCUT2D eigenvalue weighted by atomic mass is 10.0. The molecule has 0 heterocycles. The molecule has 0 spiro atoms. The first-order valence-corrected chi connectivity index (χ1v) is 10.4. The van der Waals surface area contributed by atoms with Crippen molar-refractivity contribution in [3.8, 4) is 0 Å². The van der Waals surface area contributed by atoms with Crippen molar-refractivity contribution in [2.24, 2.45) is 5.92 Å². The van der Waals surface area contributed by atoms with Crippen molar-refractivity contribution in [2.45, 2.75) is 63.4 Å². The zero-order chi connectivity index (χ0) is 18.5. The molecule has 0 aliphatic heterocycles. The van der Waals surface area contributed by atoms with E-state index in [1.807, 2.05) is 17.9 Å². The third-order valence-electron chi connectivity index (χ3n) is 5.54. The minimum Gasteiger partial charge on any atom is -0.333 e. The molecule has 6 heteroatoms. The van der Waals surface area contributed by atoms with Crippen LogP contribution in [0.2, 0.25) is 0 Å². The molecule has 2 aliphatic rings. The minimum atomic E-state index is -3.58. The van der Waals surface area contributed by atoms with Crippen LogP contribution in [0.3, 0.4) is 0 Å². The number of hydrogen-bond acceptors (Lipinski definition) is 3. The second kappa shape index (κ2) is 6.40. The molecule has 1 amide bonds. The van der Waals surface area contributed by atoms with E-state index in [1.165, 1.54) is 31.2 Å². The number of benzene rings is 1. The zero-order valence-electron chi connectivity index (χ0n) is 15.7. The highest BCUT2D eigenvalue weighted by atomic mass is 32.2. The second-order valence-electron chi connectivity index (χ2n) is 7.73. The third-order valence-corrected chi connectivity index (χ3v) is 7.48. The smallest absolute Gasteiger partial charge is 0.254 e. The number of carbonyl (C=O) groups is 1. The largest absolute Gasteiger partial charge is 0.333 e. The number of rotatable bonds is 6. The van der Waals surface area contributed by atoms with Gasteiger partial charge in [-0.05, 0) is 75.6 Å². The van der Waals surface area contributed by atoms with Crippen molar-refractivity contribution in [2.75, 3.05) is 14.1 Å². The fraction of sp³-hybridized carbons (Fsp3) is 0.632. The number of amides is 1. The van der Waals surface area contributed by atoms with Crippen LogP contribution in [-0.4, -0.2) is 49.7 Å². The number of aryl methyl sites for hydroxylation is 1. The lowest BCUT2D eigenvalue weighted by molar-refractivity contribution is 0.0653. The summed E-state index contributed by atoms with van der Waals surface area (Å²) in [7, 11) is -0.542. The number of sulfonamides is 1. The molecule has 2 aliphatic carbocycles. The number of nitrogens with zero attached hydrogens (tertiary/aromatic N) is 2. The first-order valence-electron chi connectivity index (χ1n) is 9.01. The van der Waals surface area contributed by atoms with E-state index in [1.54, 1.807) is 13.0 Å².